The van der Waals surface area contributed by atoms with Crippen LogP contribution in [0.1, 0.15) is 26.2 Å². The van der Waals surface area contributed by atoms with Crippen LogP contribution in [0.3, 0.4) is 0 Å². The summed E-state index contributed by atoms with van der Waals surface area (Å²) in [6.07, 6.45) is 3.60. The number of nitrogens with zero attached hydrogens (tertiary/aromatic N) is 1. The lowest BCUT2D eigenvalue weighted by molar-refractivity contribution is -0.132. The number of rotatable bonds is 3. The molecule has 3 nitrogen and oxygen atoms in total. The molecule has 0 spiro atoms. The van der Waals surface area contributed by atoms with E-state index in [1.165, 1.54) is 19.3 Å². The van der Waals surface area contributed by atoms with E-state index in [4.69, 9.17) is 5.73 Å². The van der Waals surface area contributed by atoms with Gasteiger partial charge >= 0.3 is 0 Å². The molecule has 0 atom stereocenters. The van der Waals surface area contributed by atoms with Crippen LogP contribution in [-0.2, 0) is 4.79 Å². The predicted octanol–water partition coefficient (Wildman–Crippen LogP) is 0.346. The van der Waals surface area contributed by atoms with Crippen LogP contribution >= 0.6 is 0 Å². The fourth-order valence-corrected chi connectivity index (χ4v) is 1.43. The summed E-state index contributed by atoms with van der Waals surface area (Å²) >= 11 is 0. The molecule has 3 heteroatoms. The standard InChI is InChI=1S/C8H16N2O/c1-7(11)10(6-5-9)8-3-2-4-8/h8H,2-6,9H2,1H3. The maximum absolute atomic E-state index is 11.0. The van der Waals surface area contributed by atoms with Gasteiger partial charge < -0.3 is 10.6 Å². The number of carbonyl (C=O) groups excluding carboxylic acids is 1. The predicted molar refractivity (Wildman–Crippen MR) is 44.1 cm³/mol. The molecule has 0 unspecified atom stereocenters. The molecule has 11 heavy (non-hydrogen) atoms. The van der Waals surface area contributed by atoms with Gasteiger partial charge in [-0.15, -0.1) is 0 Å². The van der Waals surface area contributed by atoms with E-state index in [1.807, 2.05) is 4.90 Å². The van der Waals surface area contributed by atoms with Gasteiger partial charge in [0.05, 0.1) is 0 Å². The van der Waals surface area contributed by atoms with Gasteiger partial charge in [0.25, 0.3) is 0 Å². The largest absolute Gasteiger partial charge is 0.339 e. The smallest absolute Gasteiger partial charge is 0.219 e. The lowest BCUT2D eigenvalue weighted by Gasteiger charge is -2.36. The second-order valence-electron chi connectivity index (χ2n) is 3.09. The van der Waals surface area contributed by atoms with Crippen LogP contribution < -0.4 is 5.73 Å². The summed E-state index contributed by atoms with van der Waals surface area (Å²) in [4.78, 5) is 12.9. The van der Waals surface area contributed by atoms with Crippen LogP contribution in [0.25, 0.3) is 0 Å². The van der Waals surface area contributed by atoms with Crippen LogP contribution in [0.5, 0.6) is 0 Å². The van der Waals surface area contributed by atoms with Crippen molar-refractivity contribution < 1.29 is 4.79 Å². The van der Waals surface area contributed by atoms with Crippen LogP contribution in [0, 0.1) is 0 Å². The minimum atomic E-state index is 0.167. The van der Waals surface area contributed by atoms with E-state index in [-0.39, 0.29) is 5.91 Å². The van der Waals surface area contributed by atoms with E-state index in [0.29, 0.717) is 12.6 Å². The van der Waals surface area contributed by atoms with Crippen molar-refractivity contribution in [2.45, 2.75) is 32.2 Å². The molecule has 0 aromatic carbocycles. The Labute approximate surface area is 67.5 Å². The molecule has 1 aliphatic rings. The molecule has 0 radical (unpaired) electrons. The molecule has 1 amide bonds. The Morgan fingerprint density at radius 1 is 1.64 bits per heavy atom. The number of nitrogens with two attached hydrogens (primary N) is 1. The van der Waals surface area contributed by atoms with Crippen molar-refractivity contribution >= 4 is 5.91 Å². The van der Waals surface area contributed by atoms with Crippen molar-refractivity contribution in [3.8, 4) is 0 Å². The Balaban J connectivity index is 2.37. The van der Waals surface area contributed by atoms with Crippen LogP contribution in [-0.4, -0.2) is 29.9 Å². The topological polar surface area (TPSA) is 46.3 Å². The number of amides is 1. The molecule has 64 valence electrons. The van der Waals surface area contributed by atoms with Gasteiger partial charge in [0.2, 0.25) is 5.91 Å². The van der Waals surface area contributed by atoms with Crippen LogP contribution in [0.2, 0.25) is 0 Å². The fourth-order valence-electron chi connectivity index (χ4n) is 1.43. The summed E-state index contributed by atoms with van der Waals surface area (Å²) in [5.41, 5.74) is 5.39. The Hall–Kier alpha value is -0.570. The first-order valence-corrected chi connectivity index (χ1v) is 4.23. The molecule has 2 N–H and O–H groups in total. The van der Waals surface area contributed by atoms with Gasteiger partial charge in [-0.1, -0.05) is 0 Å². The molecule has 0 saturated heterocycles. The third-order valence-electron chi connectivity index (χ3n) is 2.29. The van der Waals surface area contributed by atoms with E-state index < -0.39 is 0 Å². The van der Waals surface area contributed by atoms with Crippen molar-refractivity contribution in [1.29, 1.82) is 0 Å². The average molecular weight is 156 g/mol. The van der Waals surface area contributed by atoms with E-state index in [1.54, 1.807) is 6.92 Å². The molecular weight excluding hydrogens is 140 g/mol. The summed E-state index contributed by atoms with van der Waals surface area (Å²) in [6.45, 7) is 2.92. The summed E-state index contributed by atoms with van der Waals surface area (Å²) < 4.78 is 0. The highest BCUT2D eigenvalue weighted by Crippen LogP contribution is 2.24. The monoisotopic (exact) mass is 156 g/mol. The van der Waals surface area contributed by atoms with E-state index in [0.717, 1.165) is 6.54 Å². The van der Waals surface area contributed by atoms with Gasteiger partial charge in [0.15, 0.2) is 0 Å². The highest BCUT2D eigenvalue weighted by atomic mass is 16.2. The van der Waals surface area contributed by atoms with E-state index >= 15 is 0 Å². The maximum Gasteiger partial charge on any atom is 0.219 e. The summed E-state index contributed by atoms with van der Waals surface area (Å²) in [6, 6.07) is 0.496. The van der Waals surface area contributed by atoms with Gasteiger partial charge in [-0.05, 0) is 19.3 Å². The van der Waals surface area contributed by atoms with E-state index in [2.05, 4.69) is 0 Å². The van der Waals surface area contributed by atoms with Crippen molar-refractivity contribution in [3.05, 3.63) is 0 Å². The van der Waals surface area contributed by atoms with Crippen LogP contribution in [0.4, 0.5) is 0 Å². The molecular formula is C8H16N2O. The van der Waals surface area contributed by atoms with Crippen molar-refractivity contribution in [3.63, 3.8) is 0 Å². The Bertz CT molecular complexity index is 143. The SMILES string of the molecule is CC(=O)N(CCN)C1CCC1. The van der Waals surface area contributed by atoms with Gasteiger partial charge in [0.1, 0.15) is 0 Å². The Morgan fingerprint density at radius 2 is 2.27 bits per heavy atom. The first-order valence-electron chi connectivity index (χ1n) is 4.23. The van der Waals surface area contributed by atoms with E-state index in [9.17, 15) is 4.79 Å². The Kier molecular flexibility index (Phi) is 2.88. The maximum atomic E-state index is 11.0. The number of hydrogen-bond donors (Lipinski definition) is 1. The second kappa shape index (κ2) is 3.72. The lowest BCUT2D eigenvalue weighted by Crippen LogP contribution is -2.45. The molecule has 0 aromatic rings. The molecule has 1 aliphatic carbocycles. The number of carbonyl (C=O) groups is 1. The first-order chi connectivity index (χ1) is 5.25. The summed E-state index contributed by atoms with van der Waals surface area (Å²) in [7, 11) is 0. The first kappa shape index (κ1) is 8.53. The second-order valence-corrected chi connectivity index (χ2v) is 3.09. The van der Waals surface area contributed by atoms with Gasteiger partial charge in [-0.3, -0.25) is 4.79 Å². The van der Waals surface area contributed by atoms with Crippen molar-refractivity contribution in [2.24, 2.45) is 5.73 Å². The highest BCUT2D eigenvalue weighted by molar-refractivity contribution is 5.73. The quantitative estimate of drug-likeness (QED) is 0.640. The zero-order valence-corrected chi connectivity index (χ0v) is 7.05. The molecule has 0 bridgehead atoms. The third kappa shape index (κ3) is 1.93. The summed E-state index contributed by atoms with van der Waals surface area (Å²) in [5.74, 6) is 0.167. The molecule has 0 aromatic heterocycles. The van der Waals surface area contributed by atoms with Gasteiger partial charge in [-0.2, -0.15) is 0 Å². The molecule has 0 aliphatic heterocycles. The minimum Gasteiger partial charge on any atom is -0.339 e. The fraction of sp³-hybridized carbons (Fsp3) is 0.875. The zero-order chi connectivity index (χ0) is 8.27. The molecule has 1 fully saturated rings. The highest BCUT2D eigenvalue weighted by Gasteiger charge is 2.25. The van der Waals surface area contributed by atoms with Crippen molar-refractivity contribution in [2.75, 3.05) is 13.1 Å². The minimum absolute atomic E-state index is 0.167. The Morgan fingerprint density at radius 3 is 2.55 bits per heavy atom. The zero-order valence-electron chi connectivity index (χ0n) is 7.05. The van der Waals surface area contributed by atoms with Gasteiger partial charge in [0, 0.05) is 26.1 Å². The lowest BCUT2D eigenvalue weighted by atomic mass is 9.91. The molecule has 0 heterocycles. The van der Waals surface area contributed by atoms with Crippen molar-refractivity contribution in [1.82, 2.24) is 4.90 Å². The average Bonchev–Trinajstić information content (AvgIpc) is 1.82. The molecule has 1 rings (SSSR count). The summed E-state index contributed by atoms with van der Waals surface area (Å²) in [5, 5.41) is 0. The number of hydrogen-bond acceptors (Lipinski definition) is 2. The van der Waals surface area contributed by atoms with Crippen LogP contribution in [0.15, 0.2) is 0 Å². The molecule has 1 saturated carbocycles. The third-order valence-corrected chi connectivity index (χ3v) is 2.29. The normalized spacial score (nSPS) is 17.6. The van der Waals surface area contributed by atoms with Gasteiger partial charge in [-0.25, -0.2) is 0 Å².